The van der Waals surface area contributed by atoms with Crippen LogP contribution in [-0.4, -0.2) is 13.2 Å². The van der Waals surface area contributed by atoms with E-state index < -0.39 is 0 Å². The fourth-order valence-corrected chi connectivity index (χ4v) is 1.64. The van der Waals surface area contributed by atoms with Crippen molar-refractivity contribution < 1.29 is 9.47 Å². The first-order chi connectivity index (χ1) is 7.58. The van der Waals surface area contributed by atoms with Crippen molar-refractivity contribution in [2.24, 2.45) is 0 Å². The van der Waals surface area contributed by atoms with E-state index in [9.17, 15) is 0 Å². The van der Waals surface area contributed by atoms with E-state index >= 15 is 0 Å². The van der Waals surface area contributed by atoms with Gasteiger partial charge < -0.3 is 9.47 Å². The van der Waals surface area contributed by atoms with Crippen LogP contribution >= 0.6 is 15.9 Å². The number of methoxy groups -OCH3 is 1. The molecule has 0 fully saturated rings. The highest BCUT2D eigenvalue weighted by Gasteiger charge is 2.11. The number of rotatable bonds is 5. The first-order valence-electron chi connectivity index (χ1n) is 5.26. The predicted octanol–water partition coefficient (Wildman–Crippen LogP) is 4.19. The fraction of sp³-hybridized carbons (Fsp3) is 0.385. The van der Waals surface area contributed by atoms with Crippen molar-refractivity contribution in [3.05, 3.63) is 34.8 Å². The smallest absolute Gasteiger partial charge is 0.163 e. The Kier molecular flexibility index (Phi) is 4.87. The largest absolute Gasteiger partial charge is 0.493 e. The molecule has 0 aromatic heterocycles. The summed E-state index contributed by atoms with van der Waals surface area (Å²) in [5.41, 5.74) is 1.07. The Morgan fingerprint density at radius 3 is 2.69 bits per heavy atom. The van der Waals surface area contributed by atoms with E-state index in [1.54, 1.807) is 7.11 Å². The maximum atomic E-state index is 5.82. The van der Waals surface area contributed by atoms with E-state index in [1.807, 2.05) is 25.1 Å². The van der Waals surface area contributed by atoms with Crippen LogP contribution in [0.25, 0.3) is 0 Å². The number of hydrogen-bond donors (Lipinski definition) is 0. The molecule has 0 heterocycles. The molecule has 3 heteroatoms. The zero-order valence-corrected chi connectivity index (χ0v) is 11.5. The normalized spacial score (nSPS) is 12.0. The lowest BCUT2D eigenvalue weighted by Gasteiger charge is -2.18. The summed E-state index contributed by atoms with van der Waals surface area (Å²) >= 11 is 3.41. The van der Waals surface area contributed by atoms with Gasteiger partial charge in [0, 0.05) is 4.47 Å². The summed E-state index contributed by atoms with van der Waals surface area (Å²) in [4.78, 5) is 0. The summed E-state index contributed by atoms with van der Waals surface area (Å²) in [7, 11) is 1.63. The van der Waals surface area contributed by atoms with Gasteiger partial charge >= 0.3 is 0 Å². The molecule has 1 aromatic rings. The number of halogens is 1. The molecule has 0 bridgehead atoms. The fourth-order valence-electron chi connectivity index (χ4n) is 1.30. The highest BCUT2D eigenvalue weighted by molar-refractivity contribution is 9.10. The Labute approximate surface area is 105 Å². The van der Waals surface area contributed by atoms with E-state index in [0.717, 1.165) is 28.0 Å². The standard InChI is InChI=1S/C13H17BrO2/c1-5-9(2)10(3)16-13-8-11(14)6-7-12(13)15-4/h6-8,10H,2,5H2,1,3-4H3. The lowest BCUT2D eigenvalue weighted by Crippen LogP contribution is -2.14. The van der Waals surface area contributed by atoms with Gasteiger partial charge in [-0.05, 0) is 37.1 Å². The average molecular weight is 285 g/mol. The third-order valence-corrected chi connectivity index (χ3v) is 2.95. The van der Waals surface area contributed by atoms with Crippen molar-refractivity contribution in [3.8, 4) is 11.5 Å². The van der Waals surface area contributed by atoms with Crippen molar-refractivity contribution in [3.63, 3.8) is 0 Å². The Hall–Kier alpha value is -0.960. The first kappa shape index (κ1) is 13.1. The van der Waals surface area contributed by atoms with E-state index in [-0.39, 0.29) is 6.10 Å². The second-order valence-electron chi connectivity index (χ2n) is 3.57. The van der Waals surface area contributed by atoms with Crippen LogP contribution in [0.15, 0.2) is 34.8 Å². The monoisotopic (exact) mass is 284 g/mol. The molecule has 0 N–H and O–H groups in total. The quantitative estimate of drug-likeness (QED) is 0.755. The molecule has 0 saturated carbocycles. The van der Waals surface area contributed by atoms with Gasteiger partial charge in [-0.3, -0.25) is 0 Å². The molecular formula is C13H17BrO2. The maximum Gasteiger partial charge on any atom is 0.163 e. The zero-order valence-electron chi connectivity index (χ0n) is 9.92. The van der Waals surface area contributed by atoms with Gasteiger partial charge in [0.25, 0.3) is 0 Å². The van der Waals surface area contributed by atoms with Crippen LogP contribution in [0.2, 0.25) is 0 Å². The molecule has 16 heavy (non-hydrogen) atoms. The van der Waals surface area contributed by atoms with Crippen LogP contribution < -0.4 is 9.47 Å². The van der Waals surface area contributed by atoms with Gasteiger partial charge in [0.1, 0.15) is 6.10 Å². The molecule has 88 valence electrons. The van der Waals surface area contributed by atoms with Crippen LogP contribution in [0.1, 0.15) is 20.3 Å². The number of ether oxygens (including phenoxy) is 2. The Morgan fingerprint density at radius 2 is 2.12 bits per heavy atom. The molecule has 0 saturated heterocycles. The van der Waals surface area contributed by atoms with E-state index in [2.05, 4.69) is 29.4 Å². The molecule has 0 radical (unpaired) electrons. The number of hydrogen-bond acceptors (Lipinski definition) is 2. The molecule has 1 unspecified atom stereocenters. The summed E-state index contributed by atoms with van der Waals surface area (Å²) in [5.74, 6) is 1.47. The Bertz CT molecular complexity index is 374. The summed E-state index contributed by atoms with van der Waals surface area (Å²) in [6.45, 7) is 8.03. The van der Waals surface area contributed by atoms with Crippen LogP contribution in [0.5, 0.6) is 11.5 Å². The van der Waals surface area contributed by atoms with Gasteiger partial charge in [-0.15, -0.1) is 0 Å². The van der Waals surface area contributed by atoms with Crippen LogP contribution in [0.3, 0.4) is 0 Å². The van der Waals surface area contributed by atoms with Gasteiger partial charge in [-0.1, -0.05) is 29.4 Å². The van der Waals surface area contributed by atoms with Crippen LogP contribution in [-0.2, 0) is 0 Å². The minimum absolute atomic E-state index is 0.00630. The molecule has 0 aliphatic rings. The lowest BCUT2D eigenvalue weighted by atomic mass is 10.1. The number of benzene rings is 1. The summed E-state index contributed by atoms with van der Waals surface area (Å²) in [5, 5.41) is 0. The molecule has 2 nitrogen and oxygen atoms in total. The van der Waals surface area contributed by atoms with E-state index in [4.69, 9.17) is 9.47 Å². The summed E-state index contributed by atoms with van der Waals surface area (Å²) < 4.78 is 12.0. The highest BCUT2D eigenvalue weighted by atomic mass is 79.9. The molecule has 0 aliphatic heterocycles. The van der Waals surface area contributed by atoms with Crippen molar-refractivity contribution in [2.75, 3.05) is 7.11 Å². The van der Waals surface area contributed by atoms with Gasteiger partial charge in [-0.2, -0.15) is 0 Å². The molecule has 0 aliphatic carbocycles. The first-order valence-corrected chi connectivity index (χ1v) is 6.05. The molecule has 1 atom stereocenters. The van der Waals surface area contributed by atoms with E-state index in [0.29, 0.717) is 0 Å². The third kappa shape index (κ3) is 3.27. The van der Waals surface area contributed by atoms with Crippen molar-refractivity contribution in [2.45, 2.75) is 26.4 Å². The van der Waals surface area contributed by atoms with Crippen molar-refractivity contribution in [1.29, 1.82) is 0 Å². The molecule has 0 amide bonds. The topological polar surface area (TPSA) is 18.5 Å². The molecule has 1 rings (SSSR count). The van der Waals surface area contributed by atoms with E-state index in [1.165, 1.54) is 0 Å². The maximum absolute atomic E-state index is 5.82. The Balaban J connectivity index is 2.86. The predicted molar refractivity (Wildman–Crippen MR) is 70.2 cm³/mol. The summed E-state index contributed by atoms with van der Waals surface area (Å²) in [6, 6.07) is 5.70. The van der Waals surface area contributed by atoms with Crippen LogP contribution in [0, 0.1) is 0 Å². The van der Waals surface area contributed by atoms with Crippen molar-refractivity contribution >= 4 is 15.9 Å². The van der Waals surface area contributed by atoms with Crippen LogP contribution in [0.4, 0.5) is 0 Å². The second kappa shape index (κ2) is 5.94. The van der Waals surface area contributed by atoms with Gasteiger partial charge in [-0.25, -0.2) is 0 Å². The third-order valence-electron chi connectivity index (χ3n) is 2.46. The van der Waals surface area contributed by atoms with Gasteiger partial charge in [0.15, 0.2) is 11.5 Å². The van der Waals surface area contributed by atoms with Gasteiger partial charge in [0.2, 0.25) is 0 Å². The average Bonchev–Trinajstić information content (AvgIpc) is 2.28. The van der Waals surface area contributed by atoms with Crippen molar-refractivity contribution in [1.82, 2.24) is 0 Å². The minimum atomic E-state index is -0.00630. The molecule has 1 aromatic carbocycles. The SMILES string of the molecule is C=C(CC)C(C)Oc1cc(Br)ccc1OC. The molecule has 0 spiro atoms. The zero-order chi connectivity index (χ0) is 12.1. The summed E-state index contributed by atoms with van der Waals surface area (Å²) in [6.07, 6.45) is 0.908. The lowest BCUT2D eigenvalue weighted by molar-refractivity contribution is 0.241. The minimum Gasteiger partial charge on any atom is -0.493 e. The molecular weight excluding hydrogens is 268 g/mol. The Morgan fingerprint density at radius 1 is 1.44 bits per heavy atom. The second-order valence-corrected chi connectivity index (χ2v) is 4.48. The highest BCUT2D eigenvalue weighted by Crippen LogP contribution is 2.31. The van der Waals surface area contributed by atoms with Gasteiger partial charge in [0.05, 0.1) is 7.11 Å².